The van der Waals surface area contributed by atoms with Gasteiger partial charge in [0.15, 0.2) is 0 Å². The van der Waals surface area contributed by atoms with E-state index in [0.29, 0.717) is 22.6 Å². The number of thioether (sulfide) groups is 2. The van der Waals surface area contributed by atoms with Crippen molar-refractivity contribution in [3.05, 3.63) is 76.8 Å². The van der Waals surface area contributed by atoms with Crippen molar-refractivity contribution in [2.45, 2.75) is 20.9 Å². The minimum absolute atomic E-state index is 0.114. The second kappa shape index (κ2) is 11.9. The fraction of sp³-hybridized carbons (Fsp3) is 0.143. The van der Waals surface area contributed by atoms with E-state index in [2.05, 4.69) is 27.3 Å². The summed E-state index contributed by atoms with van der Waals surface area (Å²) in [5, 5.41) is 24.0. The lowest BCUT2D eigenvalue weighted by Gasteiger charge is -2.15. The Hall–Kier alpha value is -2.33. The number of allylic oxidation sites excluding steroid dienone is 1. The number of halogens is 1. The van der Waals surface area contributed by atoms with Crippen LogP contribution in [-0.4, -0.2) is 23.0 Å². The largest absolute Gasteiger partial charge is 0.872 e. The maximum absolute atomic E-state index is 12.2. The summed E-state index contributed by atoms with van der Waals surface area (Å²) in [6.07, 6.45) is 3.53. The highest BCUT2D eigenvalue weighted by Gasteiger charge is 2.13. The molecule has 31 heavy (non-hydrogen) atoms. The quantitative estimate of drug-likeness (QED) is 0.201. The topological polar surface area (TPSA) is 91.6 Å². The van der Waals surface area contributed by atoms with Gasteiger partial charge in [-0.25, -0.2) is 5.43 Å². The number of carbonyl (C=O) groups is 1. The molecule has 6 nitrogen and oxygen atoms in total. The van der Waals surface area contributed by atoms with Crippen LogP contribution in [0.5, 0.6) is 5.75 Å². The Morgan fingerprint density at radius 1 is 1.29 bits per heavy atom. The van der Waals surface area contributed by atoms with Gasteiger partial charge in [0.2, 0.25) is 4.34 Å². The summed E-state index contributed by atoms with van der Waals surface area (Å²) in [6, 6.07) is 12.9. The van der Waals surface area contributed by atoms with Crippen molar-refractivity contribution in [2.75, 3.05) is 5.75 Å². The molecule has 0 fully saturated rings. The highest BCUT2D eigenvalue weighted by atomic mass is 35.5. The Morgan fingerprint density at radius 2 is 2.10 bits per heavy atom. The predicted molar refractivity (Wildman–Crippen MR) is 126 cm³/mol. The van der Waals surface area contributed by atoms with E-state index >= 15 is 0 Å². The molecule has 1 aromatic heterocycles. The number of nitrogens with one attached hydrogen (secondary N) is 2. The van der Waals surface area contributed by atoms with Crippen molar-refractivity contribution < 1.29 is 15.0 Å². The van der Waals surface area contributed by atoms with E-state index < -0.39 is 0 Å². The van der Waals surface area contributed by atoms with Crippen LogP contribution in [0.25, 0.3) is 0 Å². The van der Waals surface area contributed by atoms with E-state index in [-0.39, 0.29) is 17.4 Å². The van der Waals surface area contributed by atoms with Crippen LogP contribution in [0.3, 0.4) is 0 Å². The van der Waals surface area contributed by atoms with Gasteiger partial charge in [-0.2, -0.15) is 5.10 Å². The van der Waals surface area contributed by atoms with E-state index in [1.54, 1.807) is 36.0 Å². The standard InChI is InChI=1S/C21H19ClN4O2S3/c1-2-4-15-5-3-6-16(19(15)28)11-23-24-18(27)13-30-21-26-25-20(31-21)29-12-14-7-9-17(22)10-8-14/h2-3,5-11,28H,1,4,12-13H2,(H,24,27)/b23-11+. The summed E-state index contributed by atoms with van der Waals surface area (Å²) >= 11 is 10.3. The van der Waals surface area contributed by atoms with E-state index in [0.717, 1.165) is 14.4 Å². The Balaban J connectivity index is 1.44. The zero-order valence-corrected chi connectivity index (χ0v) is 19.5. The summed E-state index contributed by atoms with van der Waals surface area (Å²) in [5.74, 6) is 0.573. The van der Waals surface area contributed by atoms with E-state index in [1.807, 2.05) is 24.3 Å². The molecule has 0 saturated heterocycles. The Bertz CT molecular complexity index is 1070. The van der Waals surface area contributed by atoms with Crippen molar-refractivity contribution in [1.29, 1.82) is 0 Å². The van der Waals surface area contributed by atoms with Crippen LogP contribution in [0, 0.1) is 0 Å². The first kappa shape index (κ1) is 23.3. The zero-order chi connectivity index (χ0) is 22.1. The van der Waals surface area contributed by atoms with Crippen LogP contribution in [-0.2, 0) is 17.0 Å². The van der Waals surface area contributed by atoms with Crippen molar-refractivity contribution in [2.24, 2.45) is 5.10 Å². The van der Waals surface area contributed by atoms with Crippen molar-refractivity contribution in [1.82, 2.24) is 10.5 Å². The number of aromatic nitrogens is 2. The first-order chi connectivity index (χ1) is 15.0. The average molecular weight is 491 g/mol. The van der Waals surface area contributed by atoms with Crippen molar-refractivity contribution >= 4 is 58.6 Å². The number of H-pyrrole nitrogens is 1. The van der Waals surface area contributed by atoms with Crippen LogP contribution < -0.4 is 15.6 Å². The number of hydrogen-bond donors (Lipinski definition) is 1. The molecule has 3 rings (SSSR count). The van der Waals surface area contributed by atoms with E-state index in [1.165, 1.54) is 34.9 Å². The lowest BCUT2D eigenvalue weighted by atomic mass is 10.1. The number of nitrogens with zero attached hydrogens (tertiary/aromatic N) is 2. The number of hydrazone groups is 1. The molecule has 0 radical (unpaired) electrons. The number of amides is 1. The fourth-order valence-electron chi connectivity index (χ4n) is 2.43. The third-order valence-corrected chi connectivity index (χ3v) is 7.49. The molecule has 2 N–H and O–H groups in total. The van der Waals surface area contributed by atoms with Gasteiger partial charge in [0.05, 0.1) is 12.0 Å². The van der Waals surface area contributed by atoms with Crippen molar-refractivity contribution in [3.63, 3.8) is 0 Å². The summed E-state index contributed by atoms with van der Waals surface area (Å²) in [4.78, 5) is 12.0. The Kier molecular flexibility index (Phi) is 8.96. The van der Waals surface area contributed by atoms with Gasteiger partial charge in [-0.3, -0.25) is 4.79 Å². The second-order valence-electron chi connectivity index (χ2n) is 6.20. The second-order valence-corrected chi connectivity index (χ2v) is 10.1. The lowest BCUT2D eigenvalue weighted by Crippen LogP contribution is -2.19. The average Bonchev–Trinajstić information content (AvgIpc) is 3.22. The molecule has 160 valence electrons. The molecule has 1 amide bonds. The molecule has 0 aliphatic carbocycles. The normalized spacial score (nSPS) is 11.0. The first-order valence-electron chi connectivity index (χ1n) is 9.15. The molecule has 10 heteroatoms. The number of aromatic amines is 1. The summed E-state index contributed by atoms with van der Waals surface area (Å²) in [7, 11) is 0. The minimum atomic E-state index is -0.276. The molecule has 1 heterocycles. The number of hydrogen-bond acceptors (Lipinski definition) is 7. The van der Waals surface area contributed by atoms with Gasteiger partial charge in [0.1, 0.15) is 0 Å². The molecule has 0 unspecified atom stereocenters. The van der Waals surface area contributed by atoms with Gasteiger partial charge in [-0.05, 0) is 52.8 Å². The van der Waals surface area contributed by atoms with Crippen LogP contribution in [0.15, 0.2) is 68.9 Å². The third kappa shape index (κ3) is 7.39. The maximum atomic E-state index is 12.2. The highest BCUT2D eigenvalue weighted by molar-refractivity contribution is 8.03. The number of benzene rings is 2. The molecule has 0 bridgehead atoms. The minimum Gasteiger partial charge on any atom is -0.872 e. The fourth-order valence-corrected chi connectivity index (χ4v) is 5.39. The number of rotatable bonds is 10. The smallest absolute Gasteiger partial charge is 0.323 e. The number of carbonyl (C=O) groups excluding carboxylic acids is 1. The van der Waals surface area contributed by atoms with Crippen LogP contribution in [0.1, 0.15) is 16.7 Å². The Morgan fingerprint density at radius 3 is 2.87 bits per heavy atom. The monoisotopic (exact) mass is 490 g/mol. The highest BCUT2D eigenvalue weighted by Crippen LogP contribution is 2.28. The molecule has 0 spiro atoms. The van der Waals surface area contributed by atoms with Gasteiger partial charge in [-0.15, -0.1) is 6.58 Å². The summed E-state index contributed by atoms with van der Waals surface area (Å²) in [5.41, 5.74) is 4.67. The molecular weight excluding hydrogens is 472 g/mol. The molecule has 0 saturated carbocycles. The van der Waals surface area contributed by atoms with Crippen LogP contribution in [0.4, 0.5) is 0 Å². The first-order valence-corrected chi connectivity index (χ1v) is 12.3. The van der Waals surface area contributed by atoms with Crippen molar-refractivity contribution in [3.8, 4) is 5.75 Å². The predicted octanol–water partition coefficient (Wildman–Crippen LogP) is 3.95. The molecule has 0 aliphatic heterocycles. The van der Waals surface area contributed by atoms with Gasteiger partial charge < -0.3 is 5.11 Å². The molecule has 0 aliphatic rings. The lowest BCUT2D eigenvalue weighted by molar-refractivity contribution is -0.492. The van der Waals surface area contributed by atoms with Gasteiger partial charge in [-0.1, -0.05) is 76.2 Å². The Labute approximate surface area is 197 Å². The van der Waals surface area contributed by atoms with Gasteiger partial charge in [0, 0.05) is 15.9 Å². The molecular formula is C21H19ClN4O2S3. The summed E-state index contributed by atoms with van der Waals surface area (Å²) in [6.45, 7) is 3.64. The van der Waals surface area contributed by atoms with Crippen LogP contribution in [0.2, 0.25) is 5.02 Å². The summed E-state index contributed by atoms with van der Waals surface area (Å²) < 4.78 is 1.72. The van der Waals surface area contributed by atoms with Gasteiger partial charge in [0.25, 0.3) is 5.91 Å². The SMILES string of the molecule is C=CCc1cccc(/C=N/NC(=O)CSc2n[nH+]c(SCc3ccc(Cl)cc3)s2)c1[O-]. The van der Waals surface area contributed by atoms with E-state index in [4.69, 9.17) is 11.6 Å². The van der Waals surface area contributed by atoms with E-state index in [9.17, 15) is 9.90 Å². The third-order valence-electron chi connectivity index (χ3n) is 3.91. The maximum Gasteiger partial charge on any atom is 0.323 e. The zero-order valence-electron chi connectivity index (χ0n) is 16.3. The van der Waals surface area contributed by atoms with Crippen LogP contribution >= 0.6 is 46.5 Å². The number of para-hydroxylation sites is 1. The molecule has 3 aromatic rings. The molecule has 2 aromatic carbocycles. The molecule has 0 atom stereocenters. The van der Waals surface area contributed by atoms with Gasteiger partial charge >= 0.3 is 4.34 Å².